The molecule has 0 bridgehead atoms. The molecule has 0 spiro atoms. The third-order valence-corrected chi connectivity index (χ3v) is 4.15. The van der Waals surface area contributed by atoms with Crippen LogP contribution < -0.4 is 11.0 Å². The standard InChI is InChI=1S/C15H14N4O2S/c1-2-7-19-14(21)9-22-15(19)18-17-12-8-13(20)16-11-6-4-3-5-10(11)12/h2-6,8H,1,7,9H2,(H2,16,17,20)/b18-15-. The first kappa shape index (κ1) is 14.4. The first-order valence-corrected chi connectivity index (χ1v) is 7.67. The van der Waals surface area contributed by atoms with Crippen molar-refractivity contribution in [3.8, 4) is 0 Å². The van der Waals surface area contributed by atoms with E-state index in [1.807, 2.05) is 24.3 Å². The maximum Gasteiger partial charge on any atom is 0.250 e. The highest BCUT2D eigenvalue weighted by atomic mass is 32.2. The second-order valence-corrected chi connectivity index (χ2v) is 5.62. The predicted molar refractivity (Wildman–Crippen MR) is 90.0 cm³/mol. The fourth-order valence-corrected chi connectivity index (χ4v) is 3.05. The largest absolute Gasteiger partial charge is 0.322 e. The van der Waals surface area contributed by atoms with Crippen LogP contribution in [-0.4, -0.2) is 33.3 Å². The Bertz CT molecular complexity index is 828. The van der Waals surface area contributed by atoms with Gasteiger partial charge in [0, 0.05) is 18.0 Å². The topological polar surface area (TPSA) is 77.6 Å². The number of fused-ring (bicyclic) bond motifs is 1. The molecule has 1 saturated heterocycles. The number of anilines is 1. The average Bonchev–Trinajstić information content (AvgIpc) is 2.86. The van der Waals surface area contributed by atoms with Gasteiger partial charge < -0.3 is 4.98 Å². The Morgan fingerprint density at radius 3 is 3.05 bits per heavy atom. The minimum absolute atomic E-state index is 0.00113. The van der Waals surface area contributed by atoms with Gasteiger partial charge in [0.25, 0.3) is 5.56 Å². The second-order valence-electron chi connectivity index (χ2n) is 4.68. The van der Waals surface area contributed by atoms with Crippen LogP contribution in [0.3, 0.4) is 0 Å². The zero-order valence-corrected chi connectivity index (χ0v) is 12.5. The zero-order chi connectivity index (χ0) is 15.5. The van der Waals surface area contributed by atoms with Crippen LogP contribution in [0.1, 0.15) is 0 Å². The third kappa shape index (κ3) is 2.75. The van der Waals surface area contributed by atoms with Crippen molar-refractivity contribution in [3.05, 3.63) is 53.3 Å². The highest BCUT2D eigenvalue weighted by molar-refractivity contribution is 8.15. The molecule has 1 aliphatic rings. The number of benzene rings is 1. The van der Waals surface area contributed by atoms with E-state index in [9.17, 15) is 9.59 Å². The molecule has 2 N–H and O–H groups in total. The van der Waals surface area contributed by atoms with Crippen LogP contribution in [0.5, 0.6) is 0 Å². The molecule has 7 heteroatoms. The van der Waals surface area contributed by atoms with Crippen molar-refractivity contribution in [1.82, 2.24) is 9.88 Å². The Balaban J connectivity index is 1.93. The van der Waals surface area contributed by atoms with Crippen molar-refractivity contribution in [2.75, 3.05) is 17.7 Å². The molecular formula is C15H14N4O2S. The van der Waals surface area contributed by atoms with Crippen molar-refractivity contribution in [3.63, 3.8) is 0 Å². The minimum Gasteiger partial charge on any atom is -0.322 e. The van der Waals surface area contributed by atoms with Crippen LogP contribution in [0, 0.1) is 0 Å². The van der Waals surface area contributed by atoms with Crippen molar-refractivity contribution < 1.29 is 4.79 Å². The summed E-state index contributed by atoms with van der Waals surface area (Å²) in [4.78, 5) is 27.8. The smallest absolute Gasteiger partial charge is 0.250 e. The molecule has 0 saturated carbocycles. The number of rotatable bonds is 4. The van der Waals surface area contributed by atoms with Gasteiger partial charge in [-0.3, -0.25) is 19.9 Å². The highest BCUT2D eigenvalue weighted by Gasteiger charge is 2.27. The van der Waals surface area contributed by atoms with E-state index in [1.54, 1.807) is 11.0 Å². The molecule has 1 amide bonds. The lowest BCUT2D eigenvalue weighted by Crippen LogP contribution is -2.30. The van der Waals surface area contributed by atoms with Gasteiger partial charge in [-0.1, -0.05) is 36.0 Å². The number of hydrogen-bond donors (Lipinski definition) is 2. The fourth-order valence-electron chi connectivity index (χ4n) is 2.20. The van der Waals surface area contributed by atoms with Crippen LogP contribution in [0.15, 0.2) is 52.9 Å². The number of nitrogens with one attached hydrogen (secondary N) is 2. The summed E-state index contributed by atoms with van der Waals surface area (Å²) >= 11 is 1.36. The number of hydrogen-bond acceptors (Lipinski definition) is 5. The van der Waals surface area contributed by atoms with Crippen molar-refractivity contribution >= 4 is 39.4 Å². The number of amidine groups is 1. The van der Waals surface area contributed by atoms with Gasteiger partial charge in [0.05, 0.1) is 17.0 Å². The molecule has 2 aromatic rings. The Kier molecular flexibility index (Phi) is 3.97. The van der Waals surface area contributed by atoms with Gasteiger partial charge in [-0.15, -0.1) is 11.7 Å². The van der Waals surface area contributed by atoms with Crippen molar-refractivity contribution in [2.45, 2.75) is 0 Å². The summed E-state index contributed by atoms with van der Waals surface area (Å²) in [5.41, 5.74) is 4.02. The molecule has 0 radical (unpaired) electrons. The van der Waals surface area contributed by atoms with E-state index in [1.165, 1.54) is 17.8 Å². The average molecular weight is 314 g/mol. The number of para-hydroxylation sites is 1. The molecule has 6 nitrogen and oxygen atoms in total. The number of carbonyl (C=O) groups excluding carboxylic acids is 1. The first-order valence-electron chi connectivity index (χ1n) is 6.69. The third-order valence-electron chi connectivity index (χ3n) is 3.19. The molecule has 1 aromatic heterocycles. The maximum atomic E-state index is 11.7. The van der Waals surface area contributed by atoms with Gasteiger partial charge in [0.15, 0.2) is 5.17 Å². The lowest BCUT2D eigenvalue weighted by molar-refractivity contribution is -0.123. The quantitative estimate of drug-likeness (QED) is 0.668. The molecule has 0 aliphatic carbocycles. The monoisotopic (exact) mass is 314 g/mol. The Hall–Kier alpha value is -2.54. The molecule has 3 rings (SSSR count). The normalized spacial score (nSPS) is 16.5. The Labute approximate surface area is 130 Å². The van der Waals surface area contributed by atoms with Crippen LogP contribution in [0.4, 0.5) is 5.69 Å². The molecular weight excluding hydrogens is 300 g/mol. The molecule has 22 heavy (non-hydrogen) atoms. The maximum absolute atomic E-state index is 11.7. The number of amides is 1. The molecule has 2 heterocycles. The summed E-state index contributed by atoms with van der Waals surface area (Å²) in [7, 11) is 0. The number of carbonyl (C=O) groups is 1. The van der Waals surface area contributed by atoms with E-state index in [-0.39, 0.29) is 11.5 Å². The van der Waals surface area contributed by atoms with E-state index in [2.05, 4.69) is 22.1 Å². The SMILES string of the molecule is C=CCN1C(=O)CS/C1=N\Nc1cc(=O)[nH]c2ccccc12. The van der Waals surface area contributed by atoms with Crippen LogP contribution in [0.25, 0.3) is 10.9 Å². The van der Waals surface area contributed by atoms with E-state index in [0.29, 0.717) is 23.2 Å². The van der Waals surface area contributed by atoms with Crippen LogP contribution in [-0.2, 0) is 4.79 Å². The van der Waals surface area contributed by atoms with Gasteiger partial charge in [0.1, 0.15) is 0 Å². The summed E-state index contributed by atoms with van der Waals surface area (Å²) in [6, 6.07) is 8.91. The minimum atomic E-state index is -0.209. The number of aromatic nitrogens is 1. The Morgan fingerprint density at radius 1 is 1.41 bits per heavy atom. The first-order chi connectivity index (χ1) is 10.7. The number of H-pyrrole nitrogens is 1. The second kappa shape index (κ2) is 6.07. The molecule has 1 aliphatic heterocycles. The number of nitrogens with zero attached hydrogens (tertiary/aromatic N) is 2. The highest BCUT2D eigenvalue weighted by Crippen LogP contribution is 2.22. The van der Waals surface area contributed by atoms with Gasteiger partial charge in [-0.2, -0.15) is 0 Å². The summed E-state index contributed by atoms with van der Waals surface area (Å²) in [6.45, 7) is 4.06. The zero-order valence-electron chi connectivity index (χ0n) is 11.7. The number of aromatic amines is 1. The molecule has 112 valence electrons. The van der Waals surface area contributed by atoms with Crippen molar-refractivity contribution in [1.29, 1.82) is 0 Å². The van der Waals surface area contributed by atoms with Gasteiger partial charge in [-0.05, 0) is 6.07 Å². The predicted octanol–water partition coefficient (Wildman–Crippen LogP) is 1.97. The number of thioether (sulfide) groups is 1. The van der Waals surface area contributed by atoms with E-state index in [0.717, 1.165) is 10.9 Å². The summed E-state index contributed by atoms with van der Waals surface area (Å²) in [5, 5.41) is 5.70. The van der Waals surface area contributed by atoms with E-state index >= 15 is 0 Å². The fraction of sp³-hybridized carbons (Fsp3) is 0.133. The molecule has 0 unspecified atom stereocenters. The summed E-state index contributed by atoms with van der Waals surface area (Å²) < 4.78 is 0. The molecule has 1 aromatic carbocycles. The van der Waals surface area contributed by atoms with Gasteiger partial charge in [0.2, 0.25) is 5.91 Å². The summed E-state index contributed by atoms with van der Waals surface area (Å²) in [5.74, 6) is 0.367. The van der Waals surface area contributed by atoms with E-state index in [4.69, 9.17) is 0 Å². The summed E-state index contributed by atoms with van der Waals surface area (Å²) in [6.07, 6.45) is 1.65. The van der Waals surface area contributed by atoms with Crippen LogP contribution in [0.2, 0.25) is 0 Å². The van der Waals surface area contributed by atoms with Gasteiger partial charge >= 0.3 is 0 Å². The lowest BCUT2D eigenvalue weighted by atomic mass is 10.2. The molecule has 0 atom stereocenters. The number of hydrazone groups is 1. The van der Waals surface area contributed by atoms with Crippen molar-refractivity contribution in [2.24, 2.45) is 5.10 Å². The Morgan fingerprint density at radius 2 is 2.23 bits per heavy atom. The number of pyridine rings is 1. The van der Waals surface area contributed by atoms with Gasteiger partial charge in [-0.25, -0.2) is 0 Å². The van der Waals surface area contributed by atoms with E-state index < -0.39 is 0 Å². The lowest BCUT2D eigenvalue weighted by Gasteiger charge is -2.13. The molecule has 1 fully saturated rings. The van der Waals surface area contributed by atoms with Crippen LogP contribution >= 0.6 is 11.8 Å².